The number of carbonyl (C=O) groups is 2. The molecule has 0 bridgehead atoms. The predicted octanol–water partition coefficient (Wildman–Crippen LogP) is 0.952. The summed E-state index contributed by atoms with van der Waals surface area (Å²) in [6.07, 6.45) is 6.26. The molecule has 3 N–H and O–H groups in total. The van der Waals surface area contributed by atoms with Gasteiger partial charge >= 0.3 is 12.0 Å². The van der Waals surface area contributed by atoms with Gasteiger partial charge in [0.2, 0.25) is 0 Å². The molecule has 0 aliphatic carbocycles. The molecule has 0 atom stereocenters. The van der Waals surface area contributed by atoms with Crippen LogP contribution in [0.5, 0.6) is 0 Å². The molecule has 5 heteroatoms. The quantitative estimate of drug-likeness (QED) is 0.466. The van der Waals surface area contributed by atoms with Crippen LogP contribution in [0, 0.1) is 12.3 Å². The Morgan fingerprint density at radius 2 is 2.06 bits per heavy atom. The number of terminal acetylenes is 1. The zero-order valence-corrected chi connectivity index (χ0v) is 9.67. The molecule has 16 heavy (non-hydrogen) atoms. The summed E-state index contributed by atoms with van der Waals surface area (Å²) >= 11 is 0. The van der Waals surface area contributed by atoms with Crippen molar-refractivity contribution in [1.29, 1.82) is 0 Å². The first-order valence-electron chi connectivity index (χ1n) is 5.08. The first-order valence-corrected chi connectivity index (χ1v) is 5.08. The van der Waals surface area contributed by atoms with Crippen molar-refractivity contribution in [3.8, 4) is 12.3 Å². The van der Waals surface area contributed by atoms with Gasteiger partial charge in [0.25, 0.3) is 0 Å². The molecule has 0 radical (unpaired) electrons. The number of urea groups is 1. The molecule has 90 valence electrons. The molecule has 0 aromatic heterocycles. The minimum Gasteiger partial charge on any atom is -0.481 e. The van der Waals surface area contributed by atoms with Crippen LogP contribution in [0.25, 0.3) is 0 Å². The lowest BCUT2D eigenvalue weighted by atomic mass is 10.0. The Morgan fingerprint density at radius 3 is 2.56 bits per heavy atom. The van der Waals surface area contributed by atoms with Gasteiger partial charge in [0, 0.05) is 18.5 Å². The highest BCUT2D eigenvalue weighted by Crippen LogP contribution is 2.07. The second-order valence-corrected chi connectivity index (χ2v) is 4.14. The van der Waals surface area contributed by atoms with Gasteiger partial charge in [-0.3, -0.25) is 4.79 Å². The molecule has 0 saturated carbocycles. The van der Waals surface area contributed by atoms with E-state index in [1.807, 2.05) is 0 Å². The molecular weight excluding hydrogens is 208 g/mol. The summed E-state index contributed by atoms with van der Waals surface area (Å²) in [6, 6.07) is -0.372. The largest absolute Gasteiger partial charge is 0.481 e. The van der Waals surface area contributed by atoms with Crippen molar-refractivity contribution in [2.75, 3.05) is 6.54 Å². The van der Waals surface area contributed by atoms with E-state index in [9.17, 15) is 9.59 Å². The van der Waals surface area contributed by atoms with Gasteiger partial charge in [-0.15, -0.1) is 12.3 Å². The fraction of sp³-hybridized carbons (Fsp3) is 0.636. The van der Waals surface area contributed by atoms with Gasteiger partial charge in [0.1, 0.15) is 0 Å². The van der Waals surface area contributed by atoms with E-state index in [4.69, 9.17) is 11.5 Å². The molecule has 0 aliphatic rings. The monoisotopic (exact) mass is 226 g/mol. The maximum Gasteiger partial charge on any atom is 0.315 e. The zero-order valence-electron chi connectivity index (χ0n) is 9.67. The van der Waals surface area contributed by atoms with Gasteiger partial charge in [0.05, 0.1) is 6.42 Å². The summed E-state index contributed by atoms with van der Waals surface area (Å²) < 4.78 is 0. The second-order valence-electron chi connectivity index (χ2n) is 4.14. The Labute approximate surface area is 95.6 Å². The zero-order chi connectivity index (χ0) is 12.6. The number of rotatable bonds is 6. The van der Waals surface area contributed by atoms with Crippen LogP contribution >= 0.6 is 0 Å². The van der Waals surface area contributed by atoms with Crippen LogP contribution in [0.1, 0.15) is 33.1 Å². The van der Waals surface area contributed by atoms with Crippen molar-refractivity contribution >= 4 is 12.0 Å². The Balaban J connectivity index is 3.86. The highest BCUT2D eigenvalue weighted by atomic mass is 16.4. The van der Waals surface area contributed by atoms with Crippen molar-refractivity contribution in [3.05, 3.63) is 0 Å². The average Bonchev–Trinajstić information content (AvgIpc) is 2.09. The minimum atomic E-state index is -0.947. The number of carbonyl (C=O) groups excluding carboxylic acids is 1. The van der Waals surface area contributed by atoms with E-state index in [1.165, 1.54) is 0 Å². The van der Waals surface area contributed by atoms with Gasteiger partial charge in [-0.2, -0.15) is 0 Å². The maximum absolute atomic E-state index is 11.3. The van der Waals surface area contributed by atoms with Gasteiger partial charge in [-0.05, 0) is 20.3 Å². The van der Waals surface area contributed by atoms with E-state index in [2.05, 4.69) is 16.6 Å². The van der Waals surface area contributed by atoms with Crippen LogP contribution in [-0.2, 0) is 4.79 Å². The Kier molecular flexibility index (Phi) is 6.01. The van der Waals surface area contributed by atoms with Gasteiger partial charge in [0.15, 0.2) is 0 Å². The highest BCUT2D eigenvalue weighted by molar-refractivity contribution is 5.76. The fourth-order valence-electron chi connectivity index (χ4n) is 1.17. The molecular formula is C11H18N2O3. The van der Waals surface area contributed by atoms with Crippen molar-refractivity contribution in [2.24, 2.45) is 0 Å². The summed E-state index contributed by atoms with van der Waals surface area (Å²) in [4.78, 5) is 21.8. The lowest BCUT2D eigenvalue weighted by Crippen LogP contribution is -2.49. The molecule has 0 fully saturated rings. The third kappa shape index (κ3) is 7.68. The lowest BCUT2D eigenvalue weighted by molar-refractivity contribution is -0.138. The Hall–Kier alpha value is -1.70. The normalized spacial score (nSPS) is 10.3. The third-order valence-corrected chi connectivity index (χ3v) is 1.83. The van der Waals surface area contributed by atoms with Crippen molar-refractivity contribution in [2.45, 2.75) is 38.6 Å². The summed E-state index contributed by atoms with van der Waals surface area (Å²) in [6.45, 7) is 3.80. The number of hydrogen-bond acceptors (Lipinski definition) is 2. The maximum atomic E-state index is 11.3. The number of hydrogen-bond donors (Lipinski definition) is 3. The predicted molar refractivity (Wildman–Crippen MR) is 60.9 cm³/mol. The van der Waals surface area contributed by atoms with Crippen LogP contribution < -0.4 is 10.6 Å². The molecule has 0 heterocycles. The minimum absolute atomic E-state index is 0.120. The molecule has 0 saturated heterocycles. The first-order chi connectivity index (χ1) is 7.37. The van der Waals surface area contributed by atoms with E-state index in [1.54, 1.807) is 13.8 Å². The van der Waals surface area contributed by atoms with Gasteiger partial charge in [-0.1, -0.05) is 0 Å². The van der Waals surface area contributed by atoms with E-state index in [0.717, 1.165) is 0 Å². The first kappa shape index (κ1) is 14.3. The number of nitrogens with one attached hydrogen (secondary N) is 2. The number of carboxylic acid groups (broad SMARTS) is 1. The SMILES string of the molecule is C#CCCCNC(=O)NC(C)(C)CC(=O)O. The summed E-state index contributed by atoms with van der Waals surface area (Å²) in [7, 11) is 0. The van der Waals surface area contributed by atoms with Crippen LogP contribution in [0.4, 0.5) is 4.79 Å². The highest BCUT2D eigenvalue weighted by Gasteiger charge is 2.23. The molecule has 5 nitrogen and oxygen atoms in total. The lowest BCUT2D eigenvalue weighted by Gasteiger charge is -2.24. The molecule has 0 aliphatic heterocycles. The second kappa shape index (κ2) is 6.72. The molecule has 0 aromatic rings. The molecule has 2 amide bonds. The number of carboxylic acids is 1. The molecule has 0 aromatic carbocycles. The number of unbranched alkanes of at least 4 members (excludes halogenated alkanes) is 1. The standard InChI is InChI=1S/C11H18N2O3/c1-4-5-6-7-12-10(16)13-11(2,3)8-9(14)15/h1H,5-8H2,2-3H3,(H,14,15)(H2,12,13,16). The van der Waals surface area contributed by atoms with E-state index in [-0.39, 0.29) is 12.5 Å². The van der Waals surface area contributed by atoms with Crippen molar-refractivity contribution < 1.29 is 14.7 Å². The van der Waals surface area contributed by atoms with Gasteiger partial charge in [-0.25, -0.2) is 4.79 Å². The molecule has 0 spiro atoms. The number of aliphatic carboxylic acids is 1. The average molecular weight is 226 g/mol. The van der Waals surface area contributed by atoms with Crippen molar-refractivity contribution in [3.63, 3.8) is 0 Å². The number of amides is 2. The van der Waals surface area contributed by atoms with Gasteiger partial charge < -0.3 is 15.7 Å². The third-order valence-electron chi connectivity index (χ3n) is 1.83. The van der Waals surface area contributed by atoms with Crippen molar-refractivity contribution in [1.82, 2.24) is 10.6 Å². The van der Waals surface area contributed by atoms with E-state index < -0.39 is 11.5 Å². The van der Waals surface area contributed by atoms with E-state index in [0.29, 0.717) is 19.4 Å². The molecule has 0 unspecified atom stereocenters. The van der Waals surface area contributed by atoms with Crippen LogP contribution in [0.3, 0.4) is 0 Å². The van der Waals surface area contributed by atoms with E-state index >= 15 is 0 Å². The topological polar surface area (TPSA) is 78.4 Å². The Bertz CT molecular complexity index is 292. The summed E-state index contributed by atoms with van der Waals surface area (Å²) in [5.74, 6) is 1.52. The van der Waals surface area contributed by atoms with Crippen LogP contribution in [0.15, 0.2) is 0 Å². The Morgan fingerprint density at radius 1 is 1.44 bits per heavy atom. The summed E-state index contributed by atoms with van der Waals surface area (Å²) in [5.41, 5.74) is -0.762. The summed E-state index contributed by atoms with van der Waals surface area (Å²) in [5, 5.41) is 13.8. The molecule has 0 rings (SSSR count). The smallest absolute Gasteiger partial charge is 0.315 e. The fourth-order valence-corrected chi connectivity index (χ4v) is 1.17. The van der Waals surface area contributed by atoms with Crippen LogP contribution in [0.2, 0.25) is 0 Å². The van der Waals surface area contributed by atoms with Crippen LogP contribution in [-0.4, -0.2) is 29.2 Å².